The average molecular weight is 351 g/mol. The monoisotopic (exact) mass is 351 g/mol. The van der Waals surface area contributed by atoms with E-state index in [1.807, 2.05) is 42.5 Å². The number of benzene rings is 2. The quantitative estimate of drug-likeness (QED) is 0.754. The van der Waals surface area contributed by atoms with Gasteiger partial charge in [0.15, 0.2) is 0 Å². The molecule has 0 aromatic heterocycles. The Bertz CT molecular complexity index is 761. The third-order valence-electron chi connectivity index (χ3n) is 4.72. The molecule has 1 atom stereocenters. The van der Waals surface area contributed by atoms with E-state index in [4.69, 9.17) is 0 Å². The topological polar surface area (TPSA) is 61.4 Å². The first-order valence-corrected chi connectivity index (χ1v) is 9.15. The lowest BCUT2D eigenvalue weighted by atomic mass is 9.90. The molecule has 0 radical (unpaired) electrons. The fourth-order valence-electron chi connectivity index (χ4n) is 3.36. The van der Waals surface area contributed by atoms with E-state index >= 15 is 0 Å². The average Bonchev–Trinajstić information content (AvgIpc) is 2.68. The normalized spacial score (nSPS) is 15.7. The molecule has 0 saturated heterocycles. The van der Waals surface area contributed by atoms with Gasteiger partial charge in [0.2, 0.25) is 11.8 Å². The Labute approximate surface area is 154 Å². The van der Waals surface area contributed by atoms with Gasteiger partial charge in [0.25, 0.3) is 0 Å². The number of rotatable bonds is 7. The summed E-state index contributed by atoms with van der Waals surface area (Å²) in [6, 6.07) is 17.8. The second kappa shape index (κ2) is 8.52. The van der Waals surface area contributed by atoms with Crippen LogP contribution in [-0.2, 0) is 9.59 Å². The second-order valence-corrected chi connectivity index (χ2v) is 6.45. The highest BCUT2D eigenvalue weighted by Gasteiger charge is 2.30. The molecule has 0 spiro atoms. The van der Waals surface area contributed by atoms with Crippen molar-refractivity contribution in [1.29, 1.82) is 0 Å². The number of hydrogen-bond donors (Lipinski definition) is 2. The minimum absolute atomic E-state index is 0.0740. The summed E-state index contributed by atoms with van der Waals surface area (Å²) in [6.45, 7) is 4.53. The van der Waals surface area contributed by atoms with Gasteiger partial charge in [-0.1, -0.05) is 36.4 Å². The minimum atomic E-state index is -0.406. The maximum atomic E-state index is 12.6. The molecule has 26 heavy (non-hydrogen) atoms. The maximum Gasteiger partial charge on any atom is 0.228 e. The number of fused-ring (bicyclic) bond motifs is 1. The zero-order valence-electron chi connectivity index (χ0n) is 15.1. The van der Waals surface area contributed by atoms with Crippen molar-refractivity contribution in [2.24, 2.45) is 0 Å². The third-order valence-corrected chi connectivity index (χ3v) is 4.72. The molecule has 5 nitrogen and oxygen atoms in total. The second-order valence-electron chi connectivity index (χ2n) is 6.45. The highest BCUT2D eigenvalue weighted by atomic mass is 16.2. The van der Waals surface area contributed by atoms with E-state index in [-0.39, 0.29) is 18.2 Å². The smallest absolute Gasteiger partial charge is 0.228 e. The van der Waals surface area contributed by atoms with Crippen molar-refractivity contribution >= 4 is 23.2 Å². The largest absolute Gasteiger partial charge is 0.372 e. The van der Waals surface area contributed by atoms with Crippen molar-refractivity contribution in [2.45, 2.75) is 25.7 Å². The van der Waals surface area contributed by atoms with Gasteiger partial charge in [-0.05, 0) is 37.1 Å². The van der Waals surface area contributed by atoms with Crippen LogP contribution in [0.4, 0.5) is 11.4 Å². The van der Waals surface area contributed by atoms with Gasteiger partial charge in [-0.25, -0.2) is 0 Å². The van der Waals surface area contributed by atoms with Gasteiger partial charge < -0.3 is 15.5 Å². The van der Waals surface area contributed by atoms with Crippen molar-refractivity contribution in [3.8, 4) is 0 Å². The summed E-state index contributed by atoms with van der Waals surface area (Å²) in [4.78, 5) is 26.7. The van der Waals surface area contributed by atoms with Crippen LogP contribution in [0, 0.1) is 0 Å². The zero-order chi connectivity index (χ0) is 18.4. The molecule has 0 bridgehead atoms. The Hall–Kier alpha value is -2.82. The number of amides is 2. The van der Waals surface area contributed by atoms with Crippen LogP contribution in [0.25, 0.3) is 0 Å². The summed E-state index contributed by atoms with van der Waals surface area (Å²) in [6.07, 6.45) is 1.06. The number of anilines is 2. The Morgan fingerprint density at radius 2 is 1.88 bits per heavy atom. The van der Waals surface area contributed by atoms with Gasteiger partial charge >= 0.3 is 0 Å². The van der Waals surface area contributed by atoms with Gasteiger partial charge in [0.05, 0.1) is 5.92 Å². The summed E-state index contributed by atoms with van der Waals surface area (Å²) < 4.78 is 0. The molecule has 1 heterocycles. The zero-order valence-corrected chi connectivity index (χ0v) is 15.1. The SMILES string of the molecule is CCN(CCCNC(=O)C1CC(=O)Nc2ccccc21)c1ccccc1. The first kappa shape index (κ1) is 18.0. The van der Waals surface area contributed by atoms with E-state index < -0.39 is 5.92 Å². The lowest BCUT2D eigenvalue weighted by Gasteiger charge is -2.25. The summed E-state index contributed by atoms with van der Waals surface area (Å²) in [7, 11) is 0. The van der Waals surface area contributed by atoms with E-state index in [1.54, 1.807) is 0 Å². The highest BCUT2D eigenvalue weighted by Crippen LogP contribution is 2.31. The van der Waals surface area contributed by atoms with Crippen LogP contribution in [0.1, 0.15) is 31.2 Å². The Balaban J connectivity index is 1.52. The molecule has 0 saturated carbocycles. The van der Waals surface area contributed by atoms with Crippen LogP contribution in [-0.4, -0.2) is 31.4 Å². The Morgan fingerprint density at radius 1 is 1.15 bits per heavy atom. The van der Waals surface area contributed by atoms with Crippen molar-refractivity contribution in [3.63, 3.8) is 0 Å². The van der Waals surface area contributed by atoms with E-state index in [0.29, 0.717) is 6.54 Å². The maximum absolute atomic E-state index is 12.6. The third kappa shape index (κ3) is 4.23. The van der Waals surface area contributed by atoms with Gasteiger partial charge in [-0.2, -0.15) is 0 Å². The van der Waals surface area contributed by atoms with Crippen LogP contribution in [0.2, 0.25) is 0 Å². The Kier molecular flexibility index (Phi) is 5.89. The van der Waals surface area contributed by atoms with Gasteiger partial charge in [0, 0.05) is 37.4 Å². The van der Waals surface area contributed by atoms with Crippen molar-refractivity contribution in [2.75, 3.05) is 29.9 Å². The number of para-hydroxylation sites is 2. The molecule has 1 aliphatic rings. The first-order valence-electron chi connectivity index (χ1n) is 9.15. The summed E-state index contributed by atoms with van der Waals surface area (Å²) in [5.74, 6) is -0.587. The number of nitrogens with zero attached hydrogens (tertiary/aromatic N) is 1. The van der Waals surface area contributed by atoms with Crippen LogP contribution < -0.4 is 15.5 Å². The van der Waals surface area contributed by atoms with Crippen LogP contribution >= 0.6 is 0 Å². The molecule has 5 heteroatoms. The van der Waals surface area contributed by atoms with Crippen LogP contribution in [0.5, 0.6) is 0 Å². The summed E-state index contributed by atoms with van der Waals surface area (Å²) in [5.41, 5.74) is 2.83. The highest BCUT2D eigenvalue weighted by molar-refractivity contribution is 6.01. The lowest BCUT2D eigenvalue weighted by Crippen LogP contribution is -2.36. The van der Waals surface area contributed by atoms with E-state index in [0.717, 1.165) is 30.8 Å². The fraction of sp³-hybridized carbons (Fsp3) is 0.333. The molecular weight excluding hydrogens is 326 g/mol. The first-order chi connectivity index (χ1) is 12.7. The molecule has 2 aromatic rings. The van der Waals surface area contributed by atoms with Crippen molar-refractivity contribution in [1.82, 2.24) is 5.32 Å². The summed E-state index contributed by atoms with van der Waals surface area (Å²) >= 11 is 0. The predicted octanol–water partition coefficient (Wildman–Crippen LogP) is 3.15. The van der Waals surface area contributed by atoms with Crippen LogP contribution in [0.3, 0.4) is 0 Å². The predicted molar refractivity (Wildman–Crippen MR) is 104 cm³/mol. The molecule has 136 valence electrons. The molecule has 2 amide bonds. The standard InChI is InChI=1S/C21H25N3O2/c1-2-24(16-9-4-3-5-10-16)14-8-13-22-21(26)18-15-20(25)23-19-12-7-6-11-17(18)19/h3-7,9-12,18H,2,8,13-15H2,1H3,(H,22,26)(H,23,25). The molecule has 2 aromatic carbocycles. The molecule has 0 aliphatic carbocycles. The van der Waals surface area contributed by atoms with E-state index in [1.165, 1.54) is 5.69 Å². The van der Waals surface area contributed by atoms with Gasteiger partial charge in [0.1, 0.15) is 0 Å². The van der Waals surface area contributed by atoms with Crippen LogP contribution in [0.15, 0.2) is 54.6 Å². The molecular formula is C21H25N3O2. The lowest BCUT2D eigenvalue weighted by molar-refractivity contribution is -0.126. The summed E-state index contributed by atoms with van der Waals surface area (Å²) in [5, 5.41) is 5.83. The molecule has 0 fully saturated rings. The number of nitrogens with one attached hydrogen (secondary N) is 2. The van der Waals surface area contributed by atoms with Crippen molar-refractivity contribution in [3.05, 3.63) is 60.2 Å². The van der Waals surface area contributed by atoms with E-state index in [2.05, 4.69) is 34.6 Å². The van der Waals surface area contributed by atoms with Gasteiger partial charge in [-0.3, -0.25) is 9.59 Å². The molecule has 1 aliphatic heterocycles. The van der Waals surface area contributed by atoms with Gasteiger partial charge in [-0.15, -0.1) is 0 Å². The Morgan fingerprint density at radius 3 is 2.65 bits per heavy atom. The van der Waals surface area contributed by atoms with E-state index in [9.17, 15) is 9.59 Å². The van der Waals surface area contributed by atoms with Crippen molar-refractivity contribution < 1.29 is 9.59 Å². The molecule has 2 N–H and O–H groups in total. The number of carbonyl (C=O) groups is 2. The number of hydrogen-bond acceptors (Lipinski definition) is 3. The molecule has 3 rings (SSSR count). The molecule has 1 unspecified atom stereocenters. The fourth-order valence-corrected chi connectivity index (χ4v) is 3.36. The minimum Gasteiger partial charge on any atom is -0.372 e. The number of carbonyl (C=O) groups excluding carboxylic acids is 2.